The first-order valence-corrected chi connectivity index (χ1v) is 8.46. The van der Waals surface area contributed by atoms with Crippen LogP contribution in [0.2, 0.25) is 0 Å². The number of hydrogen-bond acceptors (Lipinski definition) is 4. The molecule has 5 nitrogen and oxygen atoms in total. The van der Waals surface area contributed by atoms with Gasteiger partial charge >= 0.3 is 0 Å². The molecule has 0 amide bonds. The number of para-hydroxylation sites is 2. The monoisotopic (exact) mass is 331 g/mol. The van der Waals surface area contributed by atoms with Crippen LogP contribution in [0.4, 0.5) is 5.69 Å². The van der Waals surface area contributed by atoms with Crippen molar-refractivity contribution in [2.24, 2.45) is 0 Å². The van der Waals surface area contributed by atoms with E-state index in [0.29, 0.717) is 35.1 Å². The Hall–Kier alpha value is -3.08. The second-order valence-corrected chi connectivity index (χ2v) is 6.60. The van der Waals surface area contributed by atoms with Gasteiger partial charge < -0.3 is 14.3 Å². The van der Waals surface area contributed by atoms with Gasteiger partial charge in [-0.15, -0.1) is 0 Å². The highest BCUT2D eigenvalue weighted by Gasteiger charge is 2.26. The van der Waals surface area contributed by atoms with Crippen molar-refractivity contribution in [1.82, 2.24) is 9.97 Å². The number of aromatic nitrogens is 2. The van der Waals surface area contributed by atoms with E-state index in [2.05, 4.69) is 35.0 Å². The fourth-order valence-electron chi connectivity index (χ4n) is 3.75. The standard InChI is InChI=1S/C20H17N3O2/c1-12-10-13-6-2-4-8-15(13)23(12)11-17-21-18-14-7-3-5-9-16(14)25-19(18)20(24)22-17/h2-9,12H,10-11H2,1H3,(H,21,22,24). The van der Waals surface area contributed by atoms with Gasteiger partial charge in [0.25, 0.3) is 5.56 Å². The maximum atomic E-state index is 12.5. The molecule has 0 saturated heterocycles. The summed E-state index contributed by atoms with van der Waals surface area (Å²) < 4.78 is 5.67. The van der Waals surface area contributed by atoms with Crippen molar-refractivity contribution >= 4 is 27.8 Å². The number of aromatic amines is 1. The largest absolute Gasteiger partial charge is 0.449 e. The molecule has 1 aliphatic rings. The van der Waals surface area contributed by atoms with Crippen LogP contribution >= 0.6 is 0 Å². The summed E-state index contributed by atoms with van der Waals surface area (Å²) in [5.74, 6) is 0.660. The maximum absolute atomic E-state index is 12.5. The highest BCUT2D eigenvalue weighted by Crippen LogP contribution is 2.33. The number of fused-ring (bicyclic) bond motifs is 4. The molecule has 0 saturated carbocycles. The molecule has 1 unspecified atom stereocenters. The number of hydrogen-bond donors (Lipinski definition) is 1. The minimum Gasteiger partial charge on any atom is -0.449 e. The normalized spacial score (nSPS) is 16.7. The highest BCUT2D eigenvalue weighted by atomic mass is 16.3. The van der Waals surface area contributed by atoms with Crippen LogP contribution in [0.25, 0.3) is 22.1 Å². The lowest BCUT2D eigenvalue weighted by Gasteiger charge is -2.24. The number of rotatable bonds is 2. The first-order chi connectivity index (χ1) is 12.2. The third kappa shape index (κ3) is 2.16. The van der Waals surface area contributed by atoms with E-state index in [0.717, 1.165) is 11.8 Å². The van der Waals surface area contributed by atoms with E-state index in [9.17, 15) is 4.79 Å². The molecule has 3 heterocycles. The Kier molecular flexibility index (Phi) is 2.98. The Bertz CT molecular complexity index is 1160. The zero-order valence-corrected chi connectivity index (χ0v) is 13.8. The molecule has 2 aromatic carbocycles. The van der Waals surface area contributed by atoms with Gasteiger partial charge in [-0.25, -0.2) is 4.98 Å². The van der Waals surface area contributed by atoms with E-state index in [1.165, 1.54) is 11.3 Å². The topological polar surface area (TPSA) is 62.1 Å². The number of nitrogens with zero attached hydrogens (tertiary/aromatic N) is 2. The summed E-state index contributed by atoms with van der Waals surface area (Å²) in [6.07, 6.45) is 1.01. The van der Waals surface area contributed by atoms with Crippen molar-refractivity contribution in [1.29, 1.82) is 0 Å². The highest BCUT2D eigenvalue weighted by molar-refractivity contribution is 6.01. The van der Waals surface area contributed by atoms with Gasteiger partial charge in [-0.2, -0.15) is 0 Å². The summed E-state index contributed by atoms with van der Waals surface area (Å²) in [7, 11) is 0. The lowest BCUT2D eigenvalue weighted by atomic mass is 10.1. The van der Waals surface area contributed by atoms with Gasteiger partial charge in [0.05, 0.1) is 6.54 Å². The summed E-state index contributed by atoms with van der Waals surface area (Å²) >= 11 is 0. The predicted octanol–water partition coefficient (Wildman–Crippen LogP) is 3.62. The second-order valence-electron chi connectivity index (χ2n) is 6.60. The number of anilines is 1. The smallest absolute Gasteiger partial charge is 0.294 e. The minimum absolute atomic E-state index is 0.226. The average Bonchev–Trinajstić information content (AvgIpc) is 3.14. The Labute approximate surface area is 143 Å². The average molecular weight is 331 g/mol. The van der Waals surface area contributed by atoms with Crippen LogP contribution in [0.1, 0.15) is 18.3 Å². The van der Waals surface area contributed by atoms with Crippen LogP contribution in [-0.2, 0) is 13.0 Å². The lowest BCUT2D eigenvalue weighted by Crippen LogP contribution is -2.30. The molecule has 2 aromatic heterocycles. The molecule has 0 fully saturated rings. The molecular weight excluding hydrogens is 314 g/mol. The van der Waals surface area contributed by atoms with Crippen molar-refractivity contribution in [2.75, 3.05) is 4.90 Å². The Morgan fingerprint density at radius 1 is 1.20 bits per heavy atom. The minimum atomic E-state index is -0.226. The predicted molar refractivity (Wildman–Crippen MR) is 97.9 cm³/mol. The van der Waals surface area contributed by atoms with Crippen molar-refractivity contribution in [3.05, 3.63) is 70.3 Å². The molecule has 0 radical (unpaired) electrons. The van der Waals surface area contributed by atoms with Gasteiger partial charge in [0.2, 0.25) is 5.58 Å². The fourth-order valence-corrected chi connectivity index (χ4v) is 3.75. The Morgan fingerprint density at radius 2 is 2.00 bits per heavy atom. The third-order valence-corrected chi connectivity index (χ3v) is 4.95. The van der Waals surface area contributed by atoms with E-state index in [1.54, 1.807) is 0 Å². The molecule has 25 heavy (non-hydrogen) atoms. The molecule has 124 valence electrons. The molecule has 5 heteroatoms. The lowest BCUT2D eigenvalue weighted by molar-refractivity contribution is 0.644. The Morgan fingerprint density at radius 3 is 2.92 bits per heavy atom. The van der Waals surface area contributed by atoms with Crippen LogP contribution in [0.5, 0.6) is 0 Å². The number of furan rings is 1. The summed E-state index contributed by atoms with van der Waals surface area (Å²) in [5, 5.41) is 0.875. The number of benzene rings is 2. The van der Waals surface area contributed by atoms with Crippen molar-refractivity contribution in [3.63, 3.8) is 0 Å². The van der Waals surface area contributed by atoms with E-state index >= 15 is 0 Å². The van der Waals surface area contributed by atoms with E-state index in [1.807, 2.05) is 30.3 Å². The summed E-state index contributed by atoms with van der Waals surface area (Å²) in [4.78, 5) is 22.3. The maximum Gasteiger partial charge on any atom is 0.294 e. The Balaban J connectivity index is 1.62. The van der Waals surface area contributed by atoms with Gasteiger partial charge in [0, 0.05) is 17.1 Å². The van der Waals surface area contributed by atoms with Crippen LogP contribution in [0, 0.1) is 0 Å². The van der Waals surface area contributed by atoms with Crippen molar-refractivity contribution in [3.8, 4) is 0 Å². The molecule has 0 aliphatic carbocycles. The van der Waals surface area contributed by atoms with E-state index in [-0.39, 0.29) is 5.56 Å². The van der Waals surface area contributed by atoms with Crippen LogP contribution in [0.15, 0.2) is 57.7 Å². The molecule has 0 bridgehead atoms. The van der Waals surface area contributed by atoms with Gasteiger partial charge in [-0.05, 0) is 37.1 Å². The van der Waals surface area contributed by atoms with E-state index in [4.69, 9.17) is 9.40 Å². The molecule has 1 atom stereocenters. The first kappa shape index (κ1) is 14.3. The van der Waals surface area contributed by atoms with Crippen molar-refractivity contribution < 1.29 is 4.42 Å². The SMILES string of the molecule is CC1Cc2ccccc2N1Cc1nc2c(oc3ccccc32)c(=O)[nH]1. The van der Waals surface area contributed by atoms with Gasteiger partial charge in [-0.3, -0.25) is 4.79 Å². The first-order valence-electron chi connectivity index (χ1n) is 8.46. The van der Waals surface area contributed by atoms with Crippen LogP contribution < -0.4 is 10.5 Å². The van der Waals surface area contributed by atoms with Gasteiger partial charge in [-0.1, -0.05) is 30.3 Å². The molecule has 1 N–H and O–H groups in total. The zero-order chi connectivity index (χ0) is 17.0. The van der Waals surface area contributed by atoms with Crippen LogP contribution in [0.3, 0.4) is 0 Å². The van der Waals surface area contributed by atoms with Crippen molar-refractivity contribution in [2.45, 2.75) is 25.9 Å². The van der Waals surface area contributed by atoms with E-state index < -0.39 is 0 Å². The quantitative estimate of drug-likeness (QED) is 0.609. The molecule has 4 aromatic rings. The third-order valence-electron chi connectivity index (χ3n) is 4.95. The second kappa shape index (κ2) is 5.21. The van der Waals surface area contributed by atoms with Gasteiger partial charge in [0.15, 0.2) is 0 Å². The summed E-state index contributed by atoms with van der Waals surface area (Å²) in [5.41, 5.74) is 3.94. The van der Waals surface area contributed by atoms with Crippen LogP contribution in [-0.4, -0.2) is 16.0 Å². The summed E-state index contributed by atoms with van der Waals surface area (Å²) in [6.45, 7) is 2.77. The number of nitrogens with one attached hydrogen (secondary N) is 1. The van der Waals surface area contributed by atoms with Gasteiger partial charge in [0.1, 0.15) is 16.9 Å². The zero-order valence-electron chi connectivity index (χ0n) is 13.8. The molecule has 0 spiro atoms. The summed E-state index contributed by atoms with van der Waals surface area (Å²) in [6, 6.07) is 16.4. The fraction of sp³-hybridized carbons (Fsp3) is 0.200. The molecular formula is C20H17N3O2. The number of H-pyrrole nitrogens is 1. The molecule has 1 aliphatic heterocycles. The molecule has 5 rings (SSSR count).